The van der Waals surface area contributed by atoms with Crippen LogP contribution in [0.3, 0.4) is 0 Å². The van der Waals surface area contributed by atoms with Crippen LogP contribution in [0, 0.1) is 0 Å². The lowest BCUT2D eigenvalue weighted by Crippen LogP contribution is -1.95. The van der Waals surface area contributed by atoms with Gasteiger partial charge >= 0.3 is 0 Å². The first-order valence-corrected chi connectivity index (χ1v) is 19.0. The molecule has 254 valence electrons. The maximum atomic E-state index is 2.46. The summed E-state index contributed by atoms with van der Waals surface area (Å²) in [5.74, 6) is 0.406. The lowest BCUT2D eigenvalue weighted by molar-refractivity contribution is 0.869. The SMILES string of the molecule is CC(C)c1ccc2c(-c3ccc4c5ccccc5c5ccccc5c4c3)c3ccccc3c(-c3ccc4c(c3)c3ccccc3n4-c3ccccc3)c2c1. The molecular weight excluding hydrogens is 651 g/mol. The summed E-state index contributed by atoms with van der Waals surface area (Å²) in [5.41, 5.74) is 10.0. The summed E-state index contributed by atoms with van der Waals surface area (Å²) in [6.45, 7) is 4.60. The fourth-order valence-electron chi connectivity index (χ4n) is 9.22. The van der Waals surface area contributed by atoms with Gasteiger partial charge in [0.15, 0.2) is 0 Å². The van der Waals surface area contributed by atoms with Crippen LogP contribution in [-0.4, -0.2) is 4.57 Å². The Bertz CT molecular complexity index is 3250. The number of hydrogen-bond acceptors (Lipinski definition) is 0. The Labute approximate surface area is 314 Å². The molecule has 0 bridgehead atoms. The van der Waals surface area contributed by atoms with E-state index in [1.165, 1.54) is 109 Å². The van der Waals surface area contributed by atoms with Gasteiger partial charge in [0.05, 0.1) is 11.0 Å². The van der Waals surface area contributed by atoms with Gasteiger partial charge in [-0.15, -0.1) is 0 Å². The smallest absolute Gasteiger partial charge is 0.0541 e. The lowest BCUT2D eigenvalue weighted by Gasteiger charge is -2.20. The van der Waals surface area contributed by atoms with E-state index in [2.05, 4.69) is 200 Å². The summed E-state index contributed by atoms with van der Waals surface area (Å²) in [7, 11) is 0. The zero-order chi connectivity index (χ0) is 35.9. The van der Waals surface area contributed by atoms with E-state index in [0.29, 0.717) is 5.92 Å². The van der Waals surface area contributed by atoms with Gasteiger partial charge in [0.2, 0.25) is 0 Å². The highest BCUT2D eigenvalue weighted by atomic mass is 15.0. The molecule has 1 aromatic heterocycles. The van der Waals surface area contributed by atoms with Gasteiger partial charge in [0.1, 0.15) is 0 Å². The maximum Gasteiger partial charge on any atom is 0.0541 e. The summed E-state index contributed by atoms with van der Waals surface area (Å²) < 4.78 is 2.40. The van der Waals surface area contributed by atoms with Crippen LogP contribution in [0.5, 0.6) is 0 Å². The molecule has 0 aliphatic rings. The van der Waals surface area contributed by atoms with Crippen molar-refractivity contribution in [2.75, 3.05) is 0 Å². The third-order valence-electron chi connectivity index (χ3n) is 11.7. The van der Waals surface area contributed by atoms with Crippen LogP contribution in [0.1, 0.15) is 25.3 Å². The van der Waals surface area contributed by atoms with Crippen molar-refractivity contribution in [3.8, 4) is 27.9 Å². The molecule has 0 spiro atoms. The monoisotopic (exact) mass is 687 g/mol. The minimum absolute atomic E-state index is 0.406. The van der Waals surface area contributed by atoms with Crippen molar-refractivity contribution in [2.24, 2.45) is 0 Å². The first-order chi connectivity index (χ1) is 26.6. The molecule has 0 amide bonds. The van der Waals surface area contributed by atoms with Crippen LogP contribution in [0.15, 0.2) is 182 Å². The highest BCUT2D eigenvalue weighted by Crippen LogP contribution is 2.47. The van der Waals surface area contributed by atoms with Crippen LogP contribution >= 0.6 is 0 Å². The molecule has 0 aliphatic carbocycles. The second-order valence-electron chi connectivity index (χ2n) is 15.0. The van der Waals surface area contributed by atoms with E-state index < -0.39 is 0 Å². The Hall–Kier alpha value is -6.70. The highest BCUT2D eigenvalue weighted by molar-refractivity contribution is 6.27. The van der Waals surface area contributed by atoms with E-state index in [-0.39, 0.29) is 0 Å². The molecule has 0 unspecified atom stereocenters. The summed E-state index contributed by atoms with van der Waals surface area (Å²) in [6.07, 6.45) is 0. The molecule has 0 radical (unpaired) electrons. The predicted octanol–water partition coefficient (Wildman–Crippen LogP) is 15.0. The molecular formula is C53H37N. The molecule has 1 nitrogen and oxygen atoms in total. The van der Waals surface area contributed by atoms with E-state index in [1.807, 2.05) is 0 Å². The Balaban J connectivity index is 1.23. The topological polar surface area (TPSA) is 4.93 Å². The summed E-state index contributed by atoms with van der Waals surface area (Å²) in [6, 6.07) is 67.8. The molecule has 0 atom stereocenters. The minimum Gasteiger partial charge on any atom is -0.309 e. The van der Waals surface area contributed by atoms with Crippen LogP contribution in [0.25, 0.3) is 104 Å². The number of fused-ring (bicyclic) bond motifs is 11. The molecule has 10 aromatic carbocycles. The van der Waals surface area contributed by atoms with Crippen molar-refractivity contribution in [3.63, 3.8) is 0 Å². The summed E-state index contributed by atoms with van der Waals surface area (Å²) in [5, 5.41) is 15.4. The van der Waals surface area contributed by atoms with Gasteiger partial charge in [-0.3, -0.25) is 0 Å². The largest absolute Gasteiger partial charge is 0.309 e. The van der Waals surface area contributed by atoms with E-state index in [0.717, 1.165) is 0 Å². The Morgan fingerprint density at radius 2 is 0.759 bits per heavy atom. The molecule has 1 heterocycles. The fourth-order valence-corrected chi connectivity index (χ4v) is 9.22. The number of benzene rings is 10. The number of nitrogens with zero attached hydrogens (tertiary/aromatic N) is 1. The van der Waals surface area contributed by atoms with Crippen LogP contribution in [0.4, 0.5) is 0 Å². The molecule has 0 aliphatic heterocycles. The summed E-state index contributed by atoms with van der Waals surface area (Å²) in [4.78, 5) is 0. The van der Waals surface area contributed by atoms with Gasteiger partial charge in [-0.05, 0) is 124 Å². The molecule has 0 fully saturated rings. The van der Waals surface area contributed by atoms with E-state index in [9.17, 15) is 0 Å². The highest BCUT2D eigenvalue weighted by Gasteiger charge is 2.20. The van der Waals surface area contributed by atoms with Gasteiger partial charge in [-0.2, -0.15) is 0 Å². The van der Waals surface area contributed by atoms with Crippen LogP contribution in [-0.2, 0) is 0 Å². The molecule has 0 N–H and O–H groups in total. The molecule has 0 saturated heterocycles. The second-order valence-corrected chi connectivity index (χ2v) is 15.0. The minimum atomic E-state index is 0.406. The fraction of sp³-hybridized carbons (Fsp3) is 0.0566. The van der Waals surface area contributed by atoms with Gasteiger partial charge in [0.25, 0.3) is 0 Å². The zero-order valence-electron chi connectivity index (χ0n) is 30.3. The first kappa shape index (κ1) is 30.9. The van der Waals surface area contributed by atoms with Crippen molar-refractivity contribution >= 4 is 75.7 Å². The van der Waals surface area contributed by atoms with Crippen molar-refractivity contribution in [1.29, 1.82) is 0 Å². The first-order valence-electron chi connectivity index (χ1n) is 19.0. The Morgan fingerprint density at radius 1 is 0.315 bits per heavy atom. The number of rotatable bonds is 4. The standard InChI is InChI=1S/C53H37N/c1-33(2)34-24-28-46-49(30-34)53(36-26-29-51-48(32-36)43-20-12-13-23-50(43)54(51)37-14-4-3-5-15-37)45-22-11-10-21-44(45)52(46)35-25-27-42-40-18-7-6-16-38(40)39-17-8-9-19-41(39)47(42)31-35/h3-33H,1-2H3. The third-order valence-corrected chi connectivity index (χ3v) is 11.7. The van der Waals surface area contributed by atoms with E-state index in [1.54, 1.807) is 0 Å². The number of hydrogen-bond donors (Lipinski definition) is 0. The van der Waals surface area contributed by atoms with E-state index in [4.69, 9.17) is 0 Å². The van der Waals surface area contributed by atoms with Gasteiger partial charge in [-0.25, -0.2) is 0 Å². The Morgan fingerprint density at radius 3 is 1.41 bits per heavy atom. The normalized spacial score (nSPS) is 12.1. The zero-order valence-corrected chi connectivity index (χ0v) is 30.3. The maximum absolute atomic E-state index is 2.46. The number of aromatic nitrogens is 1. The van der Waals surface area contributed by atoms with Crippen molar-refractivity contribution < 1.29 is 0 Å². The predicted molar refractivity (Wildman–Crippen MR) is 233 cm³/mol. The molecule has 0 saturated carbocycles. The summed E-state index contributed by atoms with van der Waals surface area (Å²) >= 11 is 0. The van der Waals surface area contributed by atoms with E-state index >= 15 is 0 Å². The van der Waals surface area contributed by atoms with Crippen LogP contribution < -0.4 is 0 Å². The van der Waals surface area contributed by atoms with Crippen LogP contribution in [0.2, 0.25) is 0 Å². The molecule has 54 heavy (non-hydrogen) atoms. The van der Waals surface area contributed by atoms with Crippen molar-refractivity contribution in [2.45, 2.75) is 19.8 Å². The molecule has 11 aromatic rings. The average Bonchev–Trinajstić information content (AvgIpc) is 3.56. The Kier molecular flexibility index (Phi) is 6.81. The van der Waals surface area contributed by atoms with Gasteiger partial charge in [0, 0.05) is 16.5 Å². The van der Waals surface area contributed by atoms with Gasteiger partial charge in [-0.1, -0.05) is 159 Å². The third kappa shape index (κ3) is 4.52. The average molecular weight is 688 g/mol. The van der Waals surface area contributed by atoms with Crippen molar-refractivity contribution in [1.82, 2.24) is 4.57 Å². The quantitative estimate of drug-likeness (QED) is 0.128. The van der Waals surface area contributed by atoms with Gasteiger partial charge < -0.3 is 4.57 Å². The molecule has 11 rings (SSSR count). The second kappa shape index (κ2) is 11.9. The molecule has 1 heteroatoms. The number of para-hydroxylation sites is 2. The van der Waals surface area contributed by atoms with Crippen molar-refractivity contribution in [3.05, 3.63) is 188 Å². The lowest BCUT2D eigenvalue weighted by atomic mass is 9.83.